The molecule has 226 valence electrons. The average molecular weight is 609 g/mol. The number of rotatable bonds is 6. The number of hydrogen-bond acceptors (Lipinski definition) is 5. The van der Waals surface area contributed by atoms with E-state index in [1.807, 2.05) is 30.3 Å². The van der Waals surface area contributed by atoms with Gasteiger partial charge in [-0.1, -0.05) is 43.0 Å². The lowest BCUT2D eigenvalue weighted by molar-refractivity contribution is -0.133. The SMILES string of the molecule is C=CC(=O)N1CCN(c2cc(F)c(-c3c(C)ccnc3Cc3ccccc3)c3nc(-c4c(O)cccc4F)c(F)cc23)C(=O)C1. The number of phenols is 1. The third kappa shape index (κ3) is 5.39. The van der Waals surface area contributed by atoms with Crippen LogP contribution in [0.1, 0.15) is 16.8 Å². The molecule has 10 heteroatoms. The Morgan fingerprint density at radius 3 is 2.44 bits per heavy atom. The third-order valence-corrected chi connectivity index (χ3v) is 7.92. The van der Waals surface area contributed by atoms with Crippen LogP contribution in [0.25, 0.3) is 33.3 Å². The van der Waals surface area contributed by atoms with Gasteiger partial charge in [0.25, 0.3) is 0 Å². The van der Waals surface area contributed by atoms with Crippen molar-refractivity contribution in [2.45, 2.75) is 13.3 Å². The van der Waals surface area contributed by atoms with Crippen LogP contribution in [0.4, 0.5) is 18.9 Å². The standard InChI is InChI=1S/C35H27F3N4O3/c1-3-29(44)41-14-15-42(30(45)19-41)27-18-24(37)33(31-20(2)12-13-39-26(31)16-21-8-5-4-6-9-21)34-22(27)17-25(38)35(40-34)32-23(36)10-7-11-28(32)43/h3-13,17-18,43H,1,14-16,19H2,2H3. The number of carbonyl (C=O) groups is 2. The first-order valence-electron chi connectivity index (χ1n) is 14.2. The van der Waals surface area contributed by atoms with E-state index in [0.29, 0.717) is 23.2 Å². The fourth-order valence-corrected chi connectivity index (χ4v) is 5.77. The molecule has 0 radical (unpaired) electrons. The molecule has 1 saturated heterocycles. The zero-order valence-corrected chi connectivity index (χ0v) is 24.2. The van der Waals surface area contributed by atoms with Gasteiger partial charge in [-0.2, -0.15) is 0 Å². The Morgan fingerprint density at radius 1 is 0.956 bits per heavy atom. The minimum Gasteiger partial charge on any atom is -0.507 e. The second-order valence-electron chi connectivity index (χ2n) is 10.7. The van der Waals surface area contributed by atoms with Crippen molar-refractivity contribution in [1.29, 1.82) is 0 Å². The van der Waals surface area contributed by atoms with E-state index < -0.39 is 46.3 Å². The number of phenolic OH excluding ortho intramolecular Hbond substituents is 1. The normalized spacial score (nSPS) is 13.4. The van der Waals surface area contributed by atoms with Crippen LogP contribution in [0.3, 0.4) is 0 Å². The van der Waals surface area contributed by atoms with Crippen molar-refractivity contribution in [2.24, 2.45) is 0 Å². The maximum atomic E-state index is 16.6. The van der Waals surface area contributed by atoms with Crippen molar-refractivity contribution in [2.75, 3.05) is 24.5 Å². The van der Waals surface area contributed by atoms with Crippen molar-refractivity contribution in [3.8, 4) is 28.1 Å². The van der Waals surface area contributed by atoms with Gasteiger partial charge >= 0.3 is 0 Å². The van der Waals surface area contributed by atoms with Gasteiger partial charge in [0.2, 0.25) is 11.8 Å². The highest BCUT2D eigenvalue weighted by Crippen LogP contribution is 2.42. The molecule has 1 N–H and O–H groups in total. The van der Waals surface area contributed by atoms with Crippen LogP contribution >= 0.6 is 0 Å². The fourth-order valence-electron chi connectivity index (χ4n) is 5.77. The number of benzene rings is 3. The first kappa shape index (κ1) is 29.6. The number of aromatic hydroxyl groups is 1. The number of aryl methyl sites for hydroxylation is 1. The van der Waals surface area contributed by atoms with Gasteiger partial charge in [-0.05, 0) is 54.5 Å². The molecule has 5 aromatic rings. The Hall–Kier alpha value is -5.51. The summed E-state index contributed by atoms with van der Waals surface area (Å²) in [5.41, 5.74) is 1.54. The molecule has 1 aliphatic rings. The summed E-state index contributed by atoms with van der Waals surface area (Å²) in [7, 11) is 0. The number of pyridine rings is 2. The van der Waals surface area contributed by atoms with Crippen molar-refractivity contribution in [3.63, 3.8) is 0 Å². The first-order chi connectivity index (χ1) is 21.7. The topological polar surface area (TPSA) is 86.6 Å². The molecule has 0 aliphatic carbocycles. The smallest absolute Gasteiger partial charge is 0.246 e. The summed E-state index contributed by atoms with van der Waals surface area (Å²) in [6.45, 7) is 5.12. The maximum Gasteiger partial charge on any atom is 0.246 e. The van der Waals surface area contributed by atoms with Crippen LogP contribution in [0.15, 0.2) is 85.6 Å². The molecule has 6 rings (SSSR count). The van der Waals surface area contributed by atoms with Crippen molar-refractivity contribution >= 4 is 28.4 Å². The largest absolute Gasteiger partial charge is 0.507 e. The zero-order valence-electron chi connectivity index (χ0n) is 24.2. The van der Waals surface area contributed by atoms with E-state index in [2.05, 4.69) is 16.5 Å². The van der Waals surface area contributed by atoms with Gasteiger partial charge in [-0.3, -0.25) is 14.6 Å². The first-order valence-corrected chi connectivity index (χ1v) is 14.2. The molecule has 0 saturated carbocycles. The van der Waals surface area contributed by atoms with Gasteiger partial charge in [0.15, 0.2) is 0 Å². The molecule has 0 unspecified atom stereocenters. The summed E-state index contributed by atoms with van der Waals surface area (Å²) < 4.78 is 47.5. The number of aromatic nitrogens is 2. The summed E-state index contributed by atoms with van der Waals surface area (Å²) >= 11 is 0. The molecule has 0 spiro atoms. The predicted molar refractivity (Wildman–Crippen MR) is 165 cm³/mol. The molecule has 0 bridgehead atoms. The van der Waals surface area contributed by atoms with Crippen LogP contribution in [0.5, 0.6) is 5.75 Å². The van der Waals surface area contributed by atoms with Crippen LogP contribution in [0, 0.1) is 24.4 Å². The van der Waals surface area contributed by atoms with E-state index in [-0.39, 0.29) is 41.8 Å². The molecule has 1 aliphatic heterocycles. The third-order valence-electron chi connectivity index (χ3n) is 7.92. The van der Waals surface area contributed by atoms with Crippen molar-refractivity contribution < 1.29 is 27.9 Å². The molecule has 0 atom stereocenters. The average Bonchev–Trinajstić information content (AvgIpc) is 3.02. The highest BCUT2D eigenvalue weighted by molar-refractivity contribution is 6.09. The van der Waals surface area contributed by atoms with Crippen molar-refractivity contribution in [3.05, 3.63) is 120 Å². The Labute approximate surface area is 256 Å². The maximum absolute atomic E-state index is 16.6. The summed E-state index contributed by atoms with van der Waals surface area (Å²) in [4.78, 5) is 37.1. The quantitative estimate of drug-likeness (QED) is 0.227. The number of anilines is 1. The van der Waals surface area contributed by atoms with Gasteiger partial charge in [-0.15, -0.1) is 0 Å². The Kier molecular flexibility index (Phi) is 7.80. The van der Waals surface area contributed by atoms with Crippen LogP contribution in [-0.4, -0.2) is 51.4 Å². The van der Waals surface area contributed by atoms with Crippen molar-refractivity contribution in [1.82, 2.24) is 14.9 Å². The number of amides is 2. The summed E-state index contributed by atoms with van der Waals surface area (Å²) in [5.74, 6) is -4.14. The summed E-state index contributed by atoms with van der Waals surface area (Å²) in [6.07, 6.45) is 3.07. The van der Waals surface area contributed by atoms with E-state index in [9.17, 15) is 19.1 Å². The van der Waals surface area contributed by atoms with E-state index in [1.54, 1.807) is 19.2 Å². The van der Waals surface area contributed by atoms with Gasteiger partial charge < -0.3 is 14.9 Å². The lowest BCUT2D eigenvalue weighted by atomic mass is 9.92. The van der Waals surface area contributed by atoms with Crippen LogP contribution in [-0.2, 0) is 16.0 Å². The molecule has 2 amide bonds. The lowest BCUT2D eigenvalue weighted by Gasteiger charge is -2.34. The zero-order chi connectivity index (χ0) is 31.8. The second kappa shape index (κ2) is 11.9. The molecule has 1 fully saturated rings. The van der Waals surface area contributed by atoms with Gasteiger partial charge in [0, 0.05) is 42.2 Å². The Bertz CT molecular complexity index is 1980. The monoisotopic (exact) mass is 608 g/mol. The van der Waals surface area contributed by atoms with Gasteiger partial charge in [0.05, 0.1) is 22.5 Å². The minimum absolute atomic E-state index is 0.00437. The van der Waals surface area contributed by atoms with Crippen LogP contribution in [0.2, 0.25) is 0 Å². The van der Waals surface area contributed by atoms with Crippen LogP contribution < -0.4 is 4.90 Å². The molecular formula is C35H27F3N4O3. The number of carbonyl (C=O) groups excluding carboxylic acids is 2. The number of piperazine rings is 1. The molecular weight excluding hydrogens is 581 g/mol. The lowest BCUT2D eigenvalue weighted by Crippen LogP contribution is -2.52. The number of nitrogens with zero attached hydrogens (tertiary/aromatic N) is 4. The Balaban J connectivity index is 1.62. The molecule has 3 heterocycles. The van der Waals surface area contributed by atoms with E-state index in [1.165, 1.54) is 21.9 Å². The van der Waals surface area contributed by atoms with Gasteiger partial charge in [-0.25, -0.2) is 18.2 Å². The highest BCUT2D eigenvalue weighted by atomic mass is 19.1. The molecule has 3 aromatic carbocycles. The Morgan fingerprint density at radius 2 is 1.73 bits per heavy atom. The van der Waals surface area contributed by atoms with E-state index in [0.717, 1.165) is 29.8 Å². The summed E-state index contributed by atoms with van der Waals surface area (Å²) in [6, 6.07) is 17.0. The highest BCUT2D eigenvalue weighted by Gasteiger charge is 2.31. The number of hydrogen-bond donors (Lipinski definition) is 1. The fraction of sp³-hybridized carbons (Fsp3) is 0.143. The van der Waals surface area contributed by atoms with Gasteiger partial charge in [0.1, 0.15) is 35.4 Å². The number of fused-ring (bicyclic) bond motifs is 1. The second-order valence-corrected chi connectivity index (χ2v) is 10.7. The molecule has 7 nitrogen and oxygen atoms in total. The minimum atomic E-state index is -0.984. The molecule has 45 heavy (non-hydrogen) atoms. The predicted octanol–water partition coefficient (Wildman–Crippen LogP) is 6.35. The number of halogens is 3. The molecule has 2 aromatic heterocycles. The van der Waals surface area contributed by atoms with E-state index >= 15 is 8.78 Å². The van der Waals surface area contributed by atoms with E-state index in [4.69, 9.17) is 0 Å². The summed E-state index contributed by atoms with van der Waals surface area (Å²) in [5, 5.41) is 10.6.